The summed E-state index contributed by atoms with van der Waals surface area (Å²) < 4.78 is 0. The summed E-state index contributed by atoms with van der Waals surface area (Å²) in [4.78, 5) is 20.7. The van der Waals surface area contributed by atoms with E-state index in [-0.39, 0.29) is 29.6 Å². The SMILES string of the molecule is O=C(O)CCCCCCCCCCCCCCCCC(=O)O.[NaH]. The molecule has 5 heteroatoms. The van der Waals surface area contributed by atoms with Crippen LogP contribution >= 0.6 is 0 Å². The van der Waals surface area contributed by atoms with E-state index < -0.39 is 11.9 Å². The Hall–Kier alpha value is -0.0600. The van der Waals surface area contributed by atoms with E-state index in [1.807, 2.05) is 0 Å². The van der Waals surface area contributed by atoms with Gasteiger partial charge in [0.2, 0.25) is 0 Å². The van der Waals surface area contributed by atoms with Crippen LogP contribution in [0.25, 0.3) is 0 Å². The molecule has 0 fully saturated rings. The molecule has 0 atom stereocenters. The third kappa shape index (κ3) is 24.3. The van der Waals surface area contributed by atoms with Crippen molar-refractivity contribution in [3.8, 4) is 0 Å². The van der Waals surface area contributed by atoms with Gasteiger partial charge in [0.25, 0.3) is 0 Å². The van der Waals surface area contributed by atoms with Gasteiger partial charge in [0.05, 0.1) is 0 Å². The summed E-state index contributed by atoms with van der Waals surface area (Å²) in [5.74, 6) is -1.36. The Labute approximate surface area is 163 Å². The first kappa shape index (κ1) is 25.2. The molecule has 0 saturated carbocycles. The van der Waals surface area contributed by atoms with Crippen LogP contribution in [0.3, 0.4) is 0 Å². The average Bonchev–Trinajstić information content (AvgIpc) is 2.46. The number of rotatable bonds is 17. The number of hydrogen-bond donors (Lipinski definition) is 2. The summed E-state index contributed by atoms with van der Waals surface area (Å²) in [6.45, 7) is 0. The molecule has 0 bridgehead atoms. The maximum atomic E-state index is 10.3. The maximum absolute atomic E-state index is 10.3. The molecule has 0 saturated heterocycles. The molecule has 0 aromatic carbocycles. The van der Waals surface area contributed by atoms with Gasteiger partial charge in [-0.05, 0) is 12.8 Å². The first-order chi connectivity index (χ1) is 10.6. The van der Waals surface area contributed by atoms with Crippen molar-refractivity contribution < 1.29 is 19.8 Å². The van der Waals surface area contributed by atoms with Crippen molar-refractivity contribution in [3.63, 3.8) is 0 Å². The normalized spacial score (nSPS) is 10.3. The number of carbonyl (C=O) groups is 2. The van der Waals surface area contributed by atoms with Gasteiger partial charge in [-0.25, -0.2) is 0 Å². The van der Waals surface area contributed by atoms with Crippen molar-refractivity contribution in [1.82, 2.24) is 0 Å². The van der Waals surface area contributed by atoms with Crippen LogP contribution in [0.5, 0.6) is 0 Å². The number of carboxylic acids is 2. The van der Waals surface area contributed by atoms with Gasteiger partial charge < -0.3 is 10.2 Å². The van der Waals surface area contributed by atoms with E-state index in [1.165, 1.54) is 64.2 Å². The molecule has 2 N–H and O–H groups in total. The predicted octanol–water partition coefficient (Wildman–Crippen LogP) is 4.75. The molecular formula is C18H35NaO4. The van der Waals surface area contributed by atoms with Crippen LogP contribution in [0.2, 0.25) is 0 Å². The molecule has 4 nitrogen and oxygen atoms in total. The van der Waals surface area contributed by atoms with Crippen molar-refractivity contribution in [1.29, 1.82) is 0 Å². The van der Waals surface area contributed by atoms with Crippen LogP contribution in [0.1, 0.15) is 103 Å². The van der Waals surface area contributed by atoms with E-state index in [0.717, 1.165) is 25.7 Å². The van der Waals surface area contributed by atoms with Crippen LogP contribution in [0, 0.1) is 0 Å². The van der Waals surface area contributed by atoms with E-state index in [0.29, 0.717) is 12.8 Å². The molecule has 0 unspecified atom stereocenters. The Balaban J connectivity index is 0. The van der Waals surface area contributed by atoms with Gasteiger partial charge in [0.15, 0.2) is 0 Å². The molecule has 0 aliphatic rings. The fourth-order valence-electron chi connectivity index (χ4n) is 2.67. The monoisotopic (exact) mass is 338 g/mol. The molecule has 23 heavy (non-hydrogen) atoms. The van der Waals surface area contributed by atoms with Crippen LogP contribution in [-0.2, 0) is 9.59 Å². The van der Waals surface area contributed by atoms with Crippen molar-refractivity contribution >= 4 is 41.5 Å². The topological polar surface area (TPSA) is 74.6 Å². The Bertz CT molecular complexity index is 254. The number of carboxylic acid groups (broad SMARTS) is 2. The van der Waals surface area contributed by atoms with Crippen molar-refractivity contribution in [2.75, 3.05) is 0 Å². The summed E-state index contributed by atoms with van der Waals surface area (Å²) in [6.07, 6.45) is 17.0. The third-order valence-corrected chi connectivity index (χ3v) is 4.03. The fourth-order valence-corrected chi connectivity index (χ4v) is 2.67. The summed E-state index contributed by atoms with van der Waals surface area (Å²) in [7, 11) is 0. The summed E-state index contributed by atoms with van der Waals surface area (Å²) in [5.41, 5.74) is 0. The van der Waals surface area contributed by atoms with E-state index in [4.69, 9.17) is 10.2 Å². The van der Waals surface area contributed by atoms with Crippen LogP contribution in [-0.4, -0.2) is 51.7 Å². The summed E-state index contributed by atoms with van der Waals surface area (Å²) in [6, 6.07) is 0. The molecule has 0 spiro atoms. The number of unbranched alkanes of at least 4 members (excludes halogenated alkanes) is 13. The van der Waals surface area contributed by atoms with Gasteiger partial charge in [-0.3, -0.25) is 9.59 Å². The van der Waals surface area contributed by atoms with Crippen LogP contribution in [0.4, 0.5) is 0 Å². The molecular weight excluding hydrogens is 303 g/mol. The zero-order valence-electron chi connectivity index (χ0n) is 14.0. The molecule has 0 aliphatic carbocycles. The Morgan fingerprint density at radius 3 is 0.783 bits per heavy atom. The van der Waals surface area contributed by atoms with E-state index in [9.17, 15) is 9.59 Å². The zero-order valence-corrected chi connectivity index (χ0v) is 14.0. The molecule has 0 amide bonds. The molecule has 0 aliphatic heterocycles. The number of hydrogen-bond acceptors (Lipinski definition) is 2. The van der Waals surface area contributed by atoms with Crippen molar-refractivity contribution in [2.45, 2.75) is 103 Å². The van der Waals surface area contributed by atoms with Crippen LogP contribution in [0.15, 0.2) is 0 Å². The summed E-state index contributed by atoms with van der Waals surface area (Å²) >= 11 is 0. The van der Waals surface area contributed by atoms with Gasteiger partial charge in [-0.1, -0.05) is 77.0 Å². The standard InChI is InChI=1S/C18H34O4.Na.H/c19-17(20)15-13-11-9-7-5-3-1-2-4-6-8-10-12-14-16-18(21)22;;/h1-16H2,(H,19,20)(H,21,22);;. The molecule has 132 valence electrons. The number of aliphatic carboxylic acids is 2. The third-order valence-electron chi connectivity index (χ3n) is 4.03. The minimum atomic E-state index is -0.679. The Morgan fingerprint density at radius 2 is 0.609 bits per heavy atom. The fraction of sp³-hybridized carbons (Fsp3) is 0.889. The van der Waals surface area contributed by atoms with Crippen molar-refractivity contribution in [3.05, 3.63) is 0 Å². The quantitative estimate of drug-likeness (QED) is 0.296. The second kappa shape index (κ2) is 20.0. The van der Waals surface area contributed by atoms with Gasteiger partial charge >= 0.3 is 41.5 Å². The first-order valence-electron chi connectivity index (χ1n) is 9.06. The molecule has 0 aromatic rings. The Morgan fingerprint density at radius 1 is 0.435 bits per heavy atom. The summed E-state index contributed by atoms with van der Waals surface area (Å²) in [5, 5.41) is 17.0. The van der Waals surface area contributed by atoms with E-state index >= 15 is 0 Å². The second-order valence-electron chi connectivity index (χ2n) is 6.24. The van der Waals surface area contributed by atoms with Gasteiger partial charge in [-0.2, -0.15) is 0 Å². The molecule has 0 aromatic heterocycles. The first-order valence-corrected chi connectivity index (χ1v) is 9.06. The minimum absolute atomic E-state index is 0. The van der Waals surface area contributed by atoms with Gasteiger partial charge in [0.1, 0.15) is 0 Å². The molecule has 0 rings (SSSR count). The Kier molecular flexibility index (Phi) is 21.9. The predicted molar refractivity (Wildman–Crippen MR) is 96.3 cm³/mol. The van der Waals surface area contributed by atoms with Gasteiger partial charge in [-0.15, -0.1) is 0 Å². The second-order valence-corrected chi connectivity index (χ2v) is 6.24. The zero-order chi connectivity index (χ0) is 16.5. The molecule has 0 radical (unpaired) electrons. The molecule has 0 heterocycles. The van der Waals surface area contributed by atoms with Gasteiger partial charge in [0, 0.05) is 12.8 Å². The van der Waals surface area contributed by atoms with Crippen LogP contribution < -0.4 is 0 Å². The van der Waals surface area contributed by atoms with Crippen molar-refractivity contribution in [2.24, 2.45) is 0 Å². The van der Waals surface area contributed by atoms with E-state index in [1.54, 1.807) is 0 Å². The average molecular weight is 338 g/mol. The van der Waals surface area contributed by atoms with E-state index in [2.05, 4.69) is 0 Å².